The predicted molar refractivity (Wildman–Crippen MR) is 51.5 cm³/mol. The Morgan fingerprint density at radius 3 is 3.00 bits per heavy atom. The van der Waals surface area contributed by atoms with Gasteiger partial charge in [-0.3, -0.25) is 0 Å². The van der Waals surface area contributed by atoms with Crippen LogP contribution < -0.4 is 0 Å². The molecule has 0 aromatic heterocycles. The molecule has 2 heteroatoms. The average molecular weight is 179 g/mol. The highest BCUT2D eigenvalue weighted by Crippen LogP contribution is 2.01. The second-order valence-corrected chi connectivity index (χ2v) is 2.85. The summed E-state index contributed by atoms with van der Waals surface area (Å²) >= 11 is 0. The Hall–Kier alpha value is -0.860. The summed E-state index contributed by atoms with van der Waals surface area (Å²) < 4.78 is 5.14. The molecule has 71 valence electrons. The van der Waals surface area contributed by atoms with Crippen LogP contribution >= 0.6 is 0 Å². The minimum atomic E-state index is 0.110. The van der Waals surface area contributed by atoms with Crippen LogP contribution in [0.5, 0.6) is 0 Å². The number of hydrogen-bond donors (Lipinski definition) is 1. The normalized spacial score (nSPS) is 10.2. The highest BCUT2D eigenvalue weighted by atomic mass is 16.5. The molecule has 1 aromatic rings. The van der Waals surface area contributed by atoms with Gasteiger partial charge in [-0.05, 0) is 24.5 Å². The fourth-order valence-corrected chi connectivity index (χ4v) is 1.13. The molecule has 13 heavy (non-hydrogen) atoms. The minimum absolute atomic E-state index is 0.110. The summed E-state index contributed by atoms with van der Waals surface area (Å²) in [4.78, 5) is 0. The predicted octanol–water partition coefficient (Wildman–Crippen LogP) is 1.43. The molecule has 0 aliphatic heterocycles. The maximum atomic E-state index is 8.45. The summed E-state index contributed by atoms with van der Waals surface area (Å²) in [5, 5.41) is 8.45. The van der Waals surface area contributed by atoms with Crippen molar-refractivity contribution in [3.05, 3.63) is 35.9 Å². The smallest absolute Gasteiger partial charge is 0.0697 e. The van der Waals surface area contributed by atoms with Gasteiger partial charge in [-0.25, -0.2) is 0 Å². The Morgan fingerprint density at radius 1 is 1.38 bits per heavy atom. The monoisotopic (exact) mass is 179 g/mol. The first-order valence-corrected chi connectivity index (χ1v) is 4.57. The lowest BCUT2D eigenvalue weighted by atomic mass is 10.1. The molecule has 2 nitrogen and oxygen atoms in total. The van der Waals surface area contributed by atoms with Crippen molar-refractivity contribution in [3.8, 4) is 0 Å². The molecule has 1 radical (unpaired) electrons. The zero-order valence-electron chi connectivity index (χ0n) is 7.70. The molecule has 1 aromatic carbocycles. The van der Waals surface area contributed by atoms with Gasteiger partial charge in [-0.2, -0.15) is 0 Å². The number of ether oxygens (including phenoxy) is 1. The average Bonchev–Trinajstić information content (AvgIpc) is 2.19. The van der Waals surface area contributed by atoms with Gasteiger partial charge in [0.2, 0.25) is 0 Å². The van der Waals surface area contributed by atoms with E-state index < -0.39 is 0 Å². The van der Waals surface area contributed by atoms with E-state index in [4.69, 9.17) is 9.84 Å². The molecule has 0 aliphatic rings. The Labute approximate surface area is 79.2 Å². The van der Waals surface area contributed by atoms with Crippen LogP contribution in [-0.4, -0.2) is 24.9 Å². The Kier molecular flexibility index (Phi) is 5.22. The van der Waals surface area contributed by atoms with Crippen LogP contribution in [0.2, 0.25) is 0 Å². The first-order chi connectivity index (χ1) is 6.43. The number of aliphatic hydroxyl groups excluding tert-OH is 1. The molecule has 1 N–H and O–H groups in total. The lowest BCUT2D eigenvalue weighted by Crippen LogP contribution is -2.01. The summed E-state index contributed by atoms with van der Waals surface area (Å²) in [6.45, 7) is 1.27. The van der Waals surface area contributed by atoms with Crippen LogP contribution in [0, 0.1) is 6.07 Å². The zero-order valence-corrected chi connectivity index (χ0v) is 7.70. The van der Waals surface area contributed by atoms with E-state index in [0.29, 0.717) is 6.61 Å². The Balaban J connectivity index is 2.07. The third kappa shape index (κ3) is 4.65. The van der Waals surface area contributed by atoms with Gasteiger partial charge in [0.1, 0.15) is 0 Å². The van der Waals surface area contributed by atoms with Crippen molar-refractivity contribution in [2.24, 2.45) is 0 Å². The molecule has 0 saturated heterocycles. The number of hydrogen-bond acceptors (Lipinski definition) is 2. The van der Waals surface area contributed by atoms with Crippen molar-refractivity contribution < 1.29 is 9.84 Å². The SMILES string of the molecule is OCCOCCCc1c[c]ccc1. The Bertz CT molecular complexity index is 209. The van der Waals surface area contributed by atoms with Gasteiger partial charge in [0.05, 0.1) is 13.2 Å². The van der Waals surface area contributed by atoms with Gasteiger partial charge in [0.25, 0.3) is 0 Å². The summed E-state index contributed by atoms with van der Waals surface area (Å²) in [6.07, 6.45) is 2.01. The Morgan fingerprint density at radius 2 is 2.31 bits per heavy atom. The number of aliphatic hydroxyl groups is 1. The quantitative estimate of drug-likeness (QED) is 0.669. The van der Waals surface area contributed by atoms with Crippen molar-refractivity contribution in [1.29, 1.82) is 0 Å². The van der Waals surface area contributed by atoms with Gasteiger partial charge in [0, 0.05) is 6.61 Å². The first-order valence-electron chi connectivity index (χ1n) is 4.57. The molecule has 1 rings (SSSR count). The van der Waals surface area contributed by atoms with E-state index in [1.54, 1.807) is 0 Å². The molecule has 0 bridgehead atoms. The molecule has 0 amide bonds. The highest BCUT2D eigenvalue weighted by Gasteiger charge is 1.91. The summed E-state index contributed by atoms with van der Waals surface area (Å²) in [7, 11) is 0. The zero-order chi connectivity index (χ0) is 9.36. The van der Waals surface area contributed by atoms with Crippen molar-refractivity contribution in [3.63, 3.8) is 0 Å². The number of aryl methyl sites for hydroxylation is 1. The highest BCUT2D eigenvalue weighted by molar-refractivity contribution is 5.13. The minimum Gasteiger partial charge on any atom is -0.394 e. The molecule has 0 unspecified atom stereocenters. The molecule has 0 heterocycles. The van der Waals surface area contributed by atoms with Gasteiger partial charge in [-0.15, -0.1) is 0 Å². The van der Waals surface area contributed by atoms with E-state index in [1.807, 2.05) is 18.2 Å². The van der Waals surface area contributed by atoms with E-state index in [9.17, 15) is 0 Å². The third-order valence-corrected chi connectivity index (χ3v) is 1.76. The molecule has 0 spiro atoms. The molecular formula is C11H15O2. The van der Waals surface area contributed by atoms with Crippen LogP contribution in [0.4, 0.5) is 0 Å². The molecule has 0 atom stereocenters. The van der Waals surface area contributed by atoms with Gasteiger partial charge >= 0.3 is 0 Å². The van der Waals surface area contributed by atoms with E-state index in [-0.39, 0.29) is 6.61 Å². The van der Waals surface area contributed by atoms with Crippen molar-refractivity contribution in [2.45, 2.75) is 12.8 Å². The van der Waals surface area contributed by atoms with E-state index in [0.717, 1.165) is 19.4 Å². The van der Waals surface area contributed by atoms with Crippen LogP contribution in [0.15, 0.2) is 24.3 Å². The van der Waals surface area contributed by atoms with Crippen molar-refractivity contribution >= 4 is 0 Å². The van der Waals surface area contributed by atoms with Gasteiger partial charge in [-0.1, -0.05) is 24.3 Å². The topological polar surface area (TPSA) is 29.5 Å². The maximum Gasteiger partial charge on any atom is 0.0697 e. The molecule has 0 saturated carbocycles. The first kappa shape index (κ1) is 10.2. The van der Waals surface area contributed by atoms with Crippen LogP contribution in [0.25, 0.3) is 0 Å². The second-order valence-electron chi connectivity index (χ2n) is 2.85. The van der Waals surface area contributed by atoms with Crippen LogP contribution in [0.3, 0.4) is 0 Å². The lowest BCUT2D eigenvalue weighted by Gasteiger charge is -2.01. The van der Waals surface area contributed by atoms with Crippen LogP contribution in [-0.2, 0) is 11.2 Å². The fourth-order valence-electron chi connectivity index (χ4n) is 1.13. The second kappa shape index (κ2) is 6.63. The van der Waals surface area contributed by atoms with Gasteiger partial charge in [0.15, 0.2) is 0 Å². The summed E-state index contributed by atoms with van der Waals surface area (Å²) in [6, 6.07) is 11.0. The van der Waals surface area contributed by atoms with E-state index >= 15 is 0 Å². The standard InChI is InChI=1S/C11H15O2/c12-8-10-13-9-4-7-11-5-2-1-3-6-11/h1-2,5-6,12H,4,7-10H2. The largest absolute Gasteiger partial charge is 0.394 e. The van der Waals surface area contributed by atoms with Crippen molar-refractivity contribution in [1.82, 2.24) is 0 Å². The summed E-state index contributed by atoms with van der Waals surface area (Å²) in [5.74, 6) is 0. The summed E-state index contributed by atoms with van der Waals surface area (Å²) in [5.41, 5.74) is 1.29. The van der Waals surface area contributed by atoms with Crippen LogP contribution in [0.1, 0.15) is 12.0 Å². The molecular weight excluding hydrogens is 164 g/mol. The maximum absolute atomic E-state index is 8.45. The van der Waals surface area contributed by atoms with E-state index in [1.165, 1.54) is 5.56 Å². The fraction of sp³-hybridized carbons (Fsp3) is 0.455. The van der Waals surface area contributed by atoms with Crippen molar-refractivity contribution in [2.75, 3.05) is 19.8 Å². The number of rotatable bonds is 6. The van der Waals surface area contributed by atoms with Gasteiger partial charge < -0.3 is 9.84 Å². The third-order valence-electron chi connectivity index (χ3n) is 1.76. The molecule has 0 aliphatic carbocycles. The van der Waals surface area contributed by atoms with E-state index in [2.05, 4.69) is 12.1 Å². The molecule has 0 fully saturated rings. The lowest BCUT2D eigenvalue weighted by molar-refractivity contribution is 0.0909. The number of benzene rings is 1.